The van der Waals surface area contributed by atoms with Crippen LogP contribution < -0.4 is 4.74 Å². The molecule has 0 bridgehead atoms. The lowest BCUT2D eigenvalue weighted by atomic mass is 10.1. The molecular weight excluding hydrogens is 283 g/mol. The Morgan fingerprint density at radius 1 is 1.11 bits per heavy atom. The van der Waals surface area contributed by atoms with Crippen molar-refractivity contribution in [2.75, 3.05) is 7.11 Å². The third-order valence-electron chi connectivity index (χ3n) is 2.30. The third-order valence-corrected chi connectivity index (χ3v) is 2.81. The predicted molar refractivity (Wildman–Crippen MR) is 66.2 cm³/mol. The largest absolute Gasteiger partial charge is 0.495 e. The molecule has 1 aromatic heterocycles. The highest BCUT2D eigenvalue weighted by Crippen LogP contribution is 2.33. The van der Waals surface area contributed by atoms with E-state index in [1.54, 1.807) is 0 Å². The van der Waals surface area contributed by atoms with Gasteiger partial charge in [0.25, 0.3) is 0 Å². The number of pyridine rings is 1. The Labute approximate surface area is 112 Å². The van der Waals surface area contributed by atoms with Crippen LogP contribution in [0.5, 0.6) is 5.75 Å². The van der Waals surface area contributed by atoms with Gasteiger partial charge >= 0.3 is 0 Å². The predicted octanol–water partition coefficient (Wildman–Crippen LogP) is 4.34. The summed E-state index contributed by atoms with van der Waals surface area (Å²) in [7, 11) is 1.38. The van der Waals surface area contributed by atoms with Crippen molar-refractivity contribution in [2.24, 2.45) is 0 Å². The summed E-state index contributed by atoms with van der Waals surface area (Å²) >= 11 is 11.3. The van der Waals surface area contributed by atoms with Gasteiger partial charge in [-0.15, -0.1) is 0 Å². The van der Waals surface area contributed by atoms with Crippen LogP contribution in [-0.2, 0) is 0 Å². The molecule has 1 heterocycles. The molecule has 0 fully saturated rings. The number of ether oxygens (including phenoxy) is 1. The number of benzene rings is 1. The zero-order valence-electron chi connectivity index (χ0n) is 9.18. The first kappa shape index (κ1) is 13.1. The molecule has 0 aliphatic rings. The van der Waals surface area contributed by atoms with Gasteiger partial charge < -0.3 is 4.74 Å². The number of methoxy groups -OCH3 is 1. The monoisotopic (exact) mass is 289 g/mol. The second-order valence-corrected chi connectivity index (χ2v) is 4.29. The summed E-state index contributed by atoms with van der Waals surface area (Å²) in [6.07, 6.45) is 1.24. The number of aromatic nitrogens is 1. The summed E-state index contributed by atoms with van der Waals surface area (Å²) in [4.78, 5) is 3.77. The molecule has 0 saturated carbocycles. The lowest BCUT2D eigenvalue weighted by Crippen LogP contribution is -1.94. The molecule has 0 N–H and O–H groups in total. The van der Waals surface area contributed by atoms with Crippen molar-refractivity contribution in [3.8, 4) is 17.0 Å². The molecule has 1 aromatic carbocycles. The number of hydrogen-bond donors (Lipinski definition) is 0. The standard InChI is InChI=1S/C12H7Cl2F2NO/c1-18-11-3-7(9(15)4-8(11)14)12-10(16)2-6(13)5-17-12/h2-5H,1H3. The maximum atomic E-state index is 13.8. The van der Waals surface area contributed by atoms with E-state index in [1.807, 2.05) is 0 Å². The fourth-order valence-electron chi connectivity index (χ4n) is 1.48. The Morgan fingerprint density at radius 3 is 2.44 bits per heavy atom. The van der Waals surface area contributed by atoms with Crippen LogP contribution in [0.1, 0.15) is 0 Å². The van der Waals surface area contributed by atoms with E-state index in [1.165, 1.54) is 19.4 Å². The van der Waals surface area contributed by atoms with Gasteiger partial charge in [0, 0.05) is 11.8 Å². The maximum Gasteiger partial charge on any atom is 0.151 e. The van der Waals surface area contributed by atoms with E-state index in [0.29, 0.717) is 0 Å². The first-order valence-corrected chi connectivity index (χ1v) is 5.63. The highest BCUT2D eigenvalue weighted by atomic mass is 35.5. The lowest BCUT2D eigenvalue weighted by Gasteiger charge is -2.08. The van der Waals surface area contributed by atoms with Crippen molar-refractivity contribution in [3.63, 3.8) is 0 Å². The van der Waals surface area contributed by atoms with Gasteiger partial charge in [-0.05, 0) is 18.2 Å². The van der Waals surface area contributed by atoms with Crippen molar-refractivity contribution in [2.45, 2.75) is 0 Å². The molecular formula is C12H7Cl2F2NO. The number of halogens is 4. The van der Waals surface area contributed by atoms with Crippen LogP contribution in [-0.4, -0.2) is 12.1 Å². The molecule has 0 spiro atoms. The molecule has 0 saturated heterocycles. The highest BCUT2D eigenvalue weighted by Gasteiger charge is 2.15. The zero-order valence-corrected chi connectivity index (χ0v) is 10.7. The van der Waals surface area contributed by atoms with Crippen LogP contribution in [0.4, 0.5) is 8.78 Å². The van der Waals surface area contributed by atoms with E-state index < -0.39 is 11.6 Å². The van der Waals surface area contributed by atoms with Crippen molar-refractivity contribution >= 4 is 23.2 Å². The van der Waals surface area contributed by atoms with Crippen molar-refractivity contribution in [1.29, 1.82) is 0 Å². The van der Waals surface area contributed by atoms with Gasteiger partial charge in [0.15, 0.2) is 5.82 Å². The minimum atomic E-state index is -0.717. The fourth-order valence-corrected chi connectivity index (χ4v) is 1.85. The van der Waals surface area contributed by atoms with E-state index in [2.05, 4.69) is 4.98 Å². The number of rotatable bonds is 2. The SMILES string of the molecule is COc1cc(-c2ncc(Cl)cc2F)c(F)cc1Cl. The van der Waals surface area contributed by atoms with Gasteiger partial charge in [-0.25, -0.2) is 8.78 Å². The second kappa shape index (κ2) is 5.08. The van der Waals surface area contributed by atoms with Crippen LogP contribution in [0.2, 0.25) is 10.0 Å². The highest BCUT2D eigenvalue weighted by molar-refractivity contribution is 6.32. The summed E-state index contributed by atoms with van der Waals surface area (Å²) in [5, 5.41) is 0.241. The Balaban J connectivity index is 2.63. The third kappa shape index (κ3) is 2.40. The van der Waals surface area contributed by atoms with E-state index >= 15 is 0 Å². The average molecular weight is 290 g/mol. The molecule has 2 aromatic rings. The Kier molecular flexibility index (Phi) is 3.68. The Morgan fingerprint density at radius 2 is 1.83 bits per heavy atom. The molecule has 0 unspecified atom stereocenters. The van der Waals surface area contributed by atoms with Crippen LogP contribution in [0.25, 0.3) is 11.3 Å². The van der Waals surface area contributed by atoms with Crippen LogP contribution in [0.3, 0.4) is 0 Å². The number of nitrogens with zero attached hydrogens (tertiary/aromatic N) is 1. The number of hydrogen-bond acceptors (Lipinski definition) is 2. The fraction of sp³-hybridized carbons (Fsp3) is 0.0833. The molecule has 94 valence electrons. The normalized spacial score (nSPS) is 10.5. The minimum Gasteiger partial charge on any atom is -0.495 e. The second-order valence-electron chi connectivity index (χ2n) is 3.45. The molecule has 2 rings (SSSR count). The van der Waals surface area contributed by atoms with Crippen molar-refractivity contribution in [1.82, 2.24) is 4.98 Å². The molecule has 2 nitrogen and oxygen atoms in total. The molecule has 0 radical (unpaired) electrons. The summed E-state index contributed by atoms with van der Waals surface area (Å²) < 4.78 is 32.4. The molecule has 18 heavy (non-hydrogen) atoms. The van der Waals surface area contributed by atoms with Gasteiger partial charge in [-0.2, -0.15) is 0 Å². The lowest BCUT2D eigenvalue weighted by molar-refractivity contribution is 0.414. The van der Waals surface area contributed by atoms with E-state index in [4.69, 9.17) is 27.9 Å². The van der Waals surface area contributed by atoms with Gasteiger partial charge in [0.2, 0.25) is 0 Å². The molecule has 0 atom stereocenters. The first-order valence-electron chi connectivity index (χ1n) is 4.87. The van der Waals surface area contributed by atoms with E-state index in [0.717, 1.165) is 12.1 Å². The zero-order chi connectivity index (χ0) is 13.3. The summed E-state index contributed by atoms with van der Waals surface area (Å²) in [6.45, 7) is 0. The Bertz CT molecular complexity index is 605. The van der Waals surface area contributed by atoms with Crippen molar-refractivity contribution < 1.29 is 13.5 Å². The van der Waals surface area contributed by atoms with Crippen LogP contribution in [0, 0.1) is 11.6 Å². The quantitative estimate of drug-likeness (QED) is 0.820. The summed E-state index contributed by atoms with van der Waals surface area (Å²) in [5.41, 5.74) is -0.183. The van der Waals surface area contributed by atoms with E-state index in [-0.39, 0.29) is 27.1 Å². The van der Waals surface area contributed by atoms with Crippen LogP contribution >= 0.6 is 23.2 Å². The molecule has 0 amide bonds. The summed E-state index contributed by atoms with van der Waals surface area (Å²) in [6, 6.07) is 3.40. The van der Waals surface area contributed by atoms with Crippen LogP contribution in [0.15, 0.2) is 24.4 Å². The molecule has 0 aliphatic heterocycles. The van der Waals surface area contributed by atoms with Gasteiger partial charge in [-0.3, -0.25) is 4.98 Å². The first-order chi connectivity index (χ1) is 8.52. The minimum absolute atomic E-state index is 0.0367. The summed E-state index contributed by atoms with van der Waals surface area (Å²) in [5.74, 6) is -1.16. The maximum absolute atomic E-state index is 13.8. The smallest absolute Gasteiger partial charge is 0.151 e. The van der Waals surface area contributed by atoms with Gasteiger partial charge in [-0.1, -0.05) is 23.2 Å². The topological polar surface area (TPSA) is 22.1 Å². The van der Waals surface area contributed by atoms with Gasteiger partial charge in [0.05, 0.1) is 17.2 Å². The molecule has 0 aliphatic carbocycles. The van der Waals surface area contributed by atoms with E-state index in [9.17, 15) is 8.78 Å². The molecule has 6 heteroatoms. The van der Waals surface area contributed by atoms with Gasteiger partial charge in [0.1, 0.15) is 17.3 Å². The van der Waals surface area contributed by atoms with Crippen molar-refractivity contribution in [3.05, 3.63) is 46.1 Å². The Hall–Kier alpha value is -1.39. The average Bonchev–Trinajstić information content (AvgIpc) is 2.30.